The van der Waals surface area contributed by atoms with Crippen LogP contribution in [0.2, 0.25) is 0 Å². The van der Waals surface area contributed by atoms with Crippen molar-refractivity contribution < 1.29 is 14.3 Å². The molecule has 0 aromatic heterocycles. The fourth-order valence-electron chi connectivity index (χ4n) is 1.69. The quantitative estimate of drug-likeness (QED) is 0.458. The number of hydrogen-bond acceptors (Lipinski definition) is 3. The second-order valence-corrected chi connectivity index (χ2v) is 3.80. The molecule has 0 saturated carbocycles. The molecule has 1 fully saturated rings. The minimum atomic E-state index is -0.350. The van der Waals surface area contributed by atoms with Gasteiger partial charge in [-0.2, -0.15) is 0 Å². The highest BCUT2D eigenvalue weighted by molar-refractivity contribution is 6.27. The van der Waals surface area contributed by atoms with Gasteiger partial charge in [-0.25, -0.2) is 4.90 Å². The molecule has 0 bridgehead atoms. The van der Waals surface area contributed by atoms with Gasteiger partial charge >= 0.3 is 0 Å². The van der Waals surface area contributed by atoms with E-state index in [1.54, 1.807) is 24.3 Å². The molecule has 1 saturated heterocycles. The first-order chi connectivity index (χ1) is 8.63. The van der Waals surface area contributed by atoms with E-state index in [1.807, 2.05) is 0 Å². The van der Waals surface area contributed by atoms with Gasteiger partial charge in [0.1, 0.15) is 12.4 Å². The number of rotatable bonds is 3. The standard InChI is InChI=1S/C14H11NO3/c1-3-8-18-12-6-4-11(5-7-12)15-13(16)9-10(2)14(15)17/h1,4-7H,2,8-9H2. The SMILES string of the molecule is C#CCOc1ccc(N2C(=O)CC(=C)C2=O)cc1. The first-order valence-corrected chi connectivity index (χ1v) is 5.35. The Kier molecular flexibility index (Phi) is 3.16. The van der Waals surface area contributed by atoms with E-state index in [2.05, 4.69) is 12.5 Å². The maximum absolute atomic E-state index is 11.7. The maximum atomic E-state index is 11.7. The van der Waals surface area contributed by atoms with Crippen LogP contribution in [0.4, 0.5) is 5.69 Å². The molecule has 1 heterocycles. The van der Waals surface area contributed by atoms with Crippen molar-refractivity contribution in [3.8, 4) is 18.1 Å². The van der Waals surface area contributed by atoms with E-state index in [0.717, 1.165) is 4.90 Å². The number of terminal acetylenes is 1. The molecule has 4 nitrogen and oxygen atoms in total. The first-order valence-electron chi connectivity index (χ1n) is 5.35. The molecule has 0 aliphatic carbocycles. The molecule has 0 N–H and O–H groups in total. The summed E-state index contributed by atoms with van der Waals surface area (Å²) >= 11 is 0. The Balaban J connectivity index is 2.20. The van der Waals surface area contributed by atoms with Gasteiger partial charge in [0.25, 0.3) is 5.91 Å². The smallest absolute Gasteiger partial charge is 0.260 e. The molecule has 1 aromatic rings. The second-order valence-electron chi connectivity index (χ2n) is 3.80. The van der Waals surface area contributed by atoms with Crippen LogP contribution >= 0.6 is 0 Å². The van der Waals surface area contributed by atoms with Gasteiger partial charge in [0, 0.05) is 5.57 Å². The summed E-state index contributed by atoms with van der Waals surface area (Å²) in [6.07, 6.45) is 5.15. The summed E-state index contributed by atoms with van der Waals surface area (Å²) in [6, 6.07) is 6.60. The zero-order chi connectivity index (χ0) is 13.1. The predicted octanol–water partition coefficient (Wildman–Crippen LogP) is 1.52. The van der Waals surface area contributed by atoms with Crippen molar-refractivity contribution in [2.75, 3.05) is 11.5 Å². The number of carbonyl (C=O) groups is 2. The number of carbonyl (C=O) groups excluding carboxylic acids is 2. The highest BCUT2D eigenvalue weighted by Gasteiger charge is 2.33. The van der Waals surface area contributed by atoms with E-state index in [-0.39, 0.29) is 24.8 Å². The molecular weight excluding hydrogens is 230 g/mol. The fourth-order valence-corrected chi connectivity index (χ4v) is 1.69. The van der Waals surface area contributed by atoms with Gasteiger partial charge in [-0.3, -0.25) is 9.59 Å². The largest absolute Gasteiger partial charge is 0.481 e. The van der Waals surface area contributed by atoms with Crippen LogP contribution in [0.5, 0.6) is 5.75 Å². The third-order valence-corrected chi connectivity index (χ3v) is 2.54. The number of hydrogen-bond donors (Lipinski definition) is 0. The normalized spacial score (nSPS) is 14.8. The Morgan fingerprint density at radius 1 is 1.33 bits per heavy atom. The first kappa shape index (κ1) is 11.9. The minimum absolute atomic E-state index is 0.0776. The van der Waals surface area contributed by atoms with Crippen LogP contribution in [0.15, 0.2) is 36.4 Å². The lowest BCUT2D eigenvalue weighted by Gasteiger charge is -2.13. The molecule has 0 spiro atoms. The average Bonchev–Trinajstić information content (AvgIpc) is 2.62. The topological polar surface area (TPSA) is 46.6 Å². The van der Waals surface area contributed by atoms with Crippen molar-refractivity contribution in [1.82, 2.24) is 0 Å². The van der Waals surface area contributed by atoms with Crippen molar-refractivity contribution >= 4 is 17.5 Å². The summed E-state index contributed by atoms with van der Waals surface area (Å²) in [5, 5.41) is 0. The van der Waals surface area contributed by atoms with E-state index in [1.165, 1.54) is 0 Å². The number of benzene rings is 1. The monoisotopic (exact) mass is 241 g/mol. The van der Waals surface area contributed by atoms with Crippen LogP contribution in [-0.2, 0) is 9.59 Å². The number of amides is 2. The Bertz CT molecular complexity index is 551. The van der Waals surface area contributed by atoms with Crippen molar-refractivity contribution in [2.45, 2.75) is 6.42 Å². The van der Waals surface area contributed by atoms with Gasteiger partial charge in [-0.05, 0) is 24.3 Å². The van der Waals surface area contributed by atoms with Gasteiger partial charge < -0.3 is 4.74 Å². The van der Waals surface area contributed by atoms with Crippen molar-refractivity contribution in [3.63, 3.8) is 0 Å². The molecule has 1 aromatic carbocycles. The molecule has 0 atom stereocenters. The lowest BCUT2D eigenvalue weighted by molar-refractivity contribution is -0.120. The van der Waals surface area contributed by atoms with Crippen LogP contribution in [0.25, 0.3) is 0 Å². The summed E-state index contributed by atoms with van der Waals surface area (Å²) < 4.78 is 5.21. The second kappa shape index (κ2) is 4.76. The Labute approximate surface area is 105 Å². The van der Waals surface area contributed by atoms with Crippen LogP contribution in [0.1, 0.15) is 6.42 Å². The number of anilines is 1. The van der Waals surface area contributed by atoms with Gasteiger partial charge in [-0.15, -0.1) is 6.42 Å². The van der Waals surface area contributed by atoms with Crippen LogP contribution in [-0.4, -0.2) is 18.4 Å². The van der Waals surface area contributed by atoms with Crippen LogP contribution in [0.3, 0.4) is 0 Å². The average molecular weight is 241 g/mol. The van der Waals surface area contributed by atoms with Gasteiger partial charge in [0.15, 0.2) is 0 Å². The van der Waals surface area contributed by atoms with Crippen molar-refractivity contribution in [2.24, 2.45) is 0 Å². The molecule has 90 valence electrons. The van der Waals surface area contributed by atoms with E-state index >= 15 is 0 Å². The molecule has 2 amide bonds. The Morgan fingerprint density at radius 3 is 2.50 bits per heavy atom. The number of ether oxygens (including phenoxy) is 1. The molecule has 4 heteroatoms. The fraction of sp³-hybridized carbons (Fsp3) is 0.143. The third-order valence-electron chi connectivity index (χ3n) is 2.54. The summed E-state index contributed by atoms with van der Waals surface area (Å²) in [5.41, 5.74) is 0.823. The van der Waals surface area contributed by atoms with Gasteiger partial charge in [0.2, 0.25) is 5.91 Å². The molecule has 18 heavy (non-hydrogen) atoms. The highest BCUT2D eigenvalue weighted by Crippen LogP contribution is 2.26. The van der Waals surface area contributed by atoms with E-state index in [0.29, 0.717) is 17.0 Å². The summed E-state index contributed by atoms with van der Waals surface area (Å²) in [5.74, 6) is 2.33. The zero-order valence-electron chi connectivity index (χ0n) is 9.68. The molecule has 0 radical (unpaired) electrons. The Hall–Kier alpha value is -2.54. The lowest BCUT2D eigenvalue weighted by atomic mass is 10.2. The maximum Gasteiger partial charge on any atom is 0.260 e. The van der Waals surface area contributed by atoms with Gasteiger partial charge in [0.05, 0.1) is 12.1 Å². The number of imide groups is 1. The van der Waals surface area contributed by atoms with Crippen molar-refractivity contribution in [1.29, 1.82) is 0 Å². The summed E-state index contributed by atoms with van der Waals surface area (Å²) in [7, 11) is 0. The molecule has 1 aliphatic rings. The predicted molar refractivity (Wildman–Crippen MR) is 67.0 cm³/mol. The number of nitrogens with zero attached hydrogens (tertiary/aromatic N) is 1. The molecular formula is C14H11NO3. The summed E-state index contributed by atoms with van der Waals surface area (Å²) in [4.78, 5) is 24.5. The minimum Gasteiger partial charge on any atom is -0.481 e. The molecule has 2 rings (SSSR count). The molecule has 0 unspecified atom stereocenters. The van der Waals surface area contributed by atoms with E-state index in [4.69, 9.17) is 11.2 Å². The van der Waals surface area contributed by atoms with Crippen LogP contribution in [0, 0.1) is 12.3 Å². The summed E-state index contributed by atoms with van der Waals surface area (Å²) in [6.45, 7) is 3.74. The Morgan fingerprint density at radius 2 is 2.00 bits per heavy atom. The lowest BCUT2D eigenvalue weighted by Crippen LogP contribution is -2.28. The van der Waals surface area contributed by atoms with Crippen molar-refractivity contribution in [3.05, 3.63) is 36.4 Å². The molecule has 1 aliphatic heterocycles. The van der Waals surface area contributed by atoms with E-state index < -0.39 is 0 Å². The van der Waals surface area contributed by atoms with E-state index in [9.17, 15) is 9.59 Å². The van der Waals surface area contributed by atoms with Gasteiger partial charge in [-0.1, -0.05) is 12.5 Å². The third kappa shape index (κ3) is 2.11. The highest BCUT2D eigenvalue weighted by atomic mass is 16.5. The van der Waals surface area contributed by atoms with Crippen LogP contribution < -0.4 is 9.64 Å². The zero-order valence-corrected chi connectivity index (χ0v) is 9.68.